The van der Waals surface area contributed by atoms with Gasteiger partial charge in [-0.05, 0) is 29.3 Å². The average molecular weight is 279 g/mol. The number of thioether (sulfide) groups is 1. The van der Waals surface area contributed by atoms with Crippen molar-refractivity contribution in [3.05, 3.63) is 22.4 Å². The van der Waals surface area contributed by atoms with Gasteiger partial charge in [-0.25, -0.2) is 8.42 Å². The number of nitrogens with two attached hydrogens (primary N) is 1. The van der Waals surface area contributed by atoms with Gasteiger partial charge in [0.2, 0.25) is 0 Å². The number of thiophene rings is 1. The monoisotopic (exact) mass is 279 g/mol. The van der Waals surface area contributed by atoms with Crippen LogP contribution in [0.3, 0.4) is 0 Å². The maximum atomic E-state index is 11.0. The van der Waals surface area contributed by atoms with Crippen molar-refractivity contribution in [3.8, 4) is 0 Å². The molecule has 0 radical (unpaired) electrons. The predicted molar refractivity (Wildman–Crippen MR) is 72.9 cm³/mol. The van der Waals surface area contributed by atoms with Crippen LogP contribution in [-0.2, 0) is 9.84 Å². The second kappa shape index (κ2) is 6.05. The summed E-state index contributed by atoms with van der Waals surface area (Å²) >= 11 is 3.25. The minimum Gasteiger partial charge on any atom is -0.327 e. The first-order valence-corrected chi connectivity index (χ1v) is 9.02. The highest BCUT2D eigenvalue weighted by molar-refractivity contribution is 8.00. The van der Waals surface area contributed by atoms with Crippen molar-refractivity contribution >= 4 is 32.9 Å². The van der Waals surface area contributed by atoms with E-state index in [9.17, 15) is 8.42 Å². The van der Waals surface area contributed by atoms with E-state index in [0.717, 1.165) is 0 Å². The van der Waals surface area contributed by atoms with Crippen molar-refractivity contribution in [2.75, 3.05) is 17.8 Å². The molecule has 2 unspecified atom stereocenters. The molecular weight excluding hydrogens is 262 g/mol. The van der Waals surface area contributed by atoms with E-state index in [1.54, 1.807) is 23.1 Å². The molecule has 0 aliphatic carbocycles. The molecule has 0 aliphatic rings. The van der Waals surface area contributed by atoms with Gasteiger partial charge in [-0.2, -0.15) is 23.1 Å². The van der Waals surface area contributed by atoms with Crippen molar-refractivity contribution in [1.29, 1.82) is 0 Å². The fourth-order valence-electron chi connectivity index (χ4n) is 1.31. The van der Waals surface area contributed by atoms with Gasteiger partial charge in [-0.1, -0.05) is 0 Å². The topological polar surface area (TPSA) is 60.2 Å². The maximum absolute atomic E-state index is 11.0. The van der Waals surface area contributed by atoms with E-state index >= 15 is 0 Å². The van der Waals surface area contributed by atoms with Crippen molar-refractivity contribution < 1.29 is 8.42 Å². The van der Waals surface area contributed by atoms with Crippen LogP contribution in [0.4, 0.5) is 0 Å². The molecule has 2 N–H and O–H groups in total. The van der Waals surface area contributed by atoms with Crippen LogP contribution in [0.5, 0.6) is 0 Å². The van der Waals surface area contributed by atoms with Crippen LogP contribution in [0.25, 0.3) is 0 Å². The molecule has 92 valence electrons. The van der Waals surface area contributed by atoms with Gasteiger partial charge < -0.3 is 5.73 Å². The lowest BCUT2D eigenvalue weighted by molar-refractivity contribution is 0.603. The van der Waals surface area contributed by atoms with Crippen LogP contribution in [-0.4, -0.2) is 32.2 Å². The molecule has 2 atom stereocenters. The van der Waals surface area contributed by atoms with Gasteiger partial charge >= 0.3 is 0 Å². The summed E-state index contributed by atoms with van der Waals surface area (Å²) in [6.07, 6.45) is 1.26. The maximum Gasteiger partial charge on any atom is 0.148 e. The van der Waals surface area contributed by atoms with Crippen LogP contribution in [0.15, 0.2) is 16.8 Å². The summed E-state index contributed by atoms with van der Waals surface area (Å²) in [7, 11) is -2.87. The smallest absolute Gasteiger partial charge is 0.148 e. The predicted octanol–water partition coefficient (Wildman–Crippen LogP) is 1.91. The van der Waals surface area contributed by atoms with Gasteiger partial charge in [0.1, 0.15) is 9.84 Å². The lowest BCUT2D eigenvalue weighted by Gasteiger charge is -2.19. The highest BCUT2D eigenvalue weighted by Crippen LogP contribution is 2.32. The Morgan fingerprint density at radius 1 is 1.56 bits per heavy atom. The Bertz CT molecular complexity index is 398. The number of sulfone groups is 1. The summed E-state index contributed by atoms with van der Waals surface area (Å²) < 4.78 is 22.1. The standard InChI is InChI=1S/C10H17NO2S3/c1-8(11)10(9-3-4-14-7-9)15-5-6-16(2,12)13/h3-4,7-8,10H,5-6,11H2,1-2H3. The Balaban J connectivity index is 2.54. The van der Waals surface area contributed by atoms with Crippen molar-refractivity contribution in [2.24, 2.45) is 5.73 Å². The molecule has 1 aromatic rings. The highest BCUT2D eigenvalue weighted by Gasteiger charge is 2.17. The van der Waals surface area contributed by atoms with Crippen molar-refractivity contribution in [2.45, 2.75) is 18.2 Å². The molecule has 16 heavy (non-hydrogen) atoms. The molecule has 0 aliphatic heterocycles. The summed E-state index contributed by atoms with van der Waals surface area (Å²) in [4.78, 5) is 0. The van der Waals surface area contributed by atoms with Crippen LogP contribution in [0, 0.1) is 0 Å². The zero-order chi connectivity index (χ0) is 12.2. The quantitative estimate of drug-likeness (QED) is 0.864. The lowest BCUT2D eigenvalue weighted by atomic mass is 10.1. The van der Waals surface area contributed by atoms with E-state index in [-0.39, 0.29) is 17.0 Å². The molecule has 0 amide bonds. The van der Waals surface area contributed by atoms with Gasteiger partial charge in [0, 0.05) is 23.3 Å². The third-order valence-electron chi connectivity index (χ3n) is 2.10. The number of hydrogen-bond acceptors (Lipinski definition) is 5. The van der Waals surface area contributed by atoms with Crippen molar-refractivity contribution in [1.82, 2.24) is 0 Å². The van der Waals surface area contributed by atoms with E-state index in [1.807, 2.05) is 18.4 Å². The summed E-state index contributed by atoms with van der Waals surface area (Å²) in [5, 5.41) is 4.27. The van der Waals surface area contributed by atoms with Crippen molar-refractivity contribution in [3.63, 3.8) is 0 Å². The third kappa shape index (κ3) is 4.86. The first-order chi connectivity index (χ1) is 7.40. The molecule has 1 aromatic heterocycles. The summed E-state index contributed by atoms with van der Waals surface area (Å²) in [5.41, 5.74) is 7.11. The number of rotatable bonds is 6. The van der Waals surface area contributed by atoms with E-state index in [2.05, 4.69) is 5.38 Å². The van der Waals surface area contributed by atoms with Gasteiger partial charge in [-0.15, -0.1) is 0 Å². The van der Waals surface area contributed by atoms with E-state index in [1.165, 1.54) is 11.8 Å². The molecule has 0 saturated heterocycles. The highest BCUT2D eigenvalue weighted by atomic mass is 32.2. The second-order valence-corrected chi connectivity index (χ2v) is 8.13. The first kappa shape index (κ1) is 14.0. The molecular formula is C10H17NO2S3. The Kier molecular flexibility index (Phi) is 5.30. The van der Waals surface area contributed by atoms with E-state index in [4.69, 9.17) is 5.73 Å². The summed E-state index contributed by atoms with van der Waals surface area (Å²) in [5.74, 6) is 0.811. The molecule has 3 nitrogen and oxygen atoms in total. The SMILES string of the molecule is CC(N)C(SCCS(C)(=O)=O)c1ccsc1. The molecule has 1 heterocycles. The zero-order valence-corrected chi connectivity index (χ0v) is 11.9. The van der Waals surface area contributed by atoms with E-state index < -0.39 is 9.84 Å². The van der Waals surface area contributed by atoms with Crippen LogP contribution >= 0.6 is 23.1 Å². The number of hydrogen-bond donors (Lipinski definition) is 1. The first-order valence-electron chi connectivity index (χ1n) is 4.97. The summed E-state index contributed by atoms with van der Waals surface area (Å²) in [6, 6.07) is 2.07. The summed E-state index contributed by atoms with van der Waals surface area (Å²) in [6.45, 7) is 1.95. The molecule has 0 bridgehead atoms. The fraction of sp³-hybridized carbons (Fsp3) is 0.600. The fourth-order valence-corrected chi connectivity index (χ4v) is 4.59. The Morgan fingerprint density at radius 2 is 2.25 bits per heavy atom. The minimum atomic E-state index is -2.87. The molecule has 0 aromatic carbocycles. The molecule has 0 spiro atoms. The van der Waals surface area contributed by atoms with Gasteiger partial charge in [-0.3, -0.25) is 0 Å². The normalized spacial score (nSPS) is 15.9. The Hall–Kier alpha value is -0.0400. The molecule has 6 heteroatoms. The average Bonchev–Trinajstić information content (AvgIpc) is 2.62. The lowest BCUT2D eigenvalue weighted by Crippen LogP contribution is -2.23. The van der Waals surface area contributed by atoms with E-state index in [0.29, 0.717) is 5.75 Å². The molecule has 0 fully saturated rings. The Morgan fingerprint density at radius 3 is 2.69 bits per heavy atom. The molecule has 1 rings (SSSR count). The second-order valence-electron chi connectivity index (χ2n) is 3.84. The minimum absolute atomic E-state index is 0.0270. The zero-order valence-electron chi connectivity index (χ0n) is 9.42. The van der Waals surface area contributed by atoms with Crippen LogP contribution in [0.2, 0.25) is 0 Å². The van der Waals surface area contributed by atoms with Gasteiger partial charge in [0.25, 0.3) is 0 Å². The Labute approximate surface area is 105 Å². The molecule has 0 saturated carbocycles. The largest absolute Gasteiger partial charge is 0.327 e. The van der Waals surface area contributed by atoms with Gasteiger partial charge in [0.05, 0.1) is 5.75 Å². The van der Waals surface area contributed by atoms with Crippen LogP contribution < -0.4 is 5.73 Å². The van der Waals surface area contributed by atoms with Gasteiger partial charge in [0.15, 0.2) is 0 Å². The van der Waals surface area contributed by atoms with Crippen LogP contribution in [0.1, 0.15) is 17.7 Å². The third-order valence-corrected chi connectivity index (χ3v) is 5.51.